The fourth-order valence-corrected chi connectivity index (χ4v) is 16.5. The number of para-hydroxylation sites is 1. The van der Waals surface area contributed by atoms with Crippen LogP contribution in [-0.4, -0.2) is 34.9 Å². The number of rotatable bonds is 10. The summed E-state index contributed by atoms with van der Waals surface area (Å²) >= 11 is 0. The molecule has 0 saturated heterocycles. The van der Waals surface area contributed by atoms with E-state index in [0.29, 0.717) is 23.3 Å². The van der Waals surface area contributed by atoms with Crippen LogP contribution < -0.4 is 0 Å². The van der Waals surface area contributed by atoms with Crippen LogP contribution in [0.4, 0.5) is 0 Å². The fourth-order valence-electron chi connectivity index (χ4n) is 16.5. The van der Waals surface area contributed by atoms with Gasteiger partial charge in [0.05, 0.1) is 22.6 Å². The molecule has 0 aliphatic rings. The molecule has 0 atom stereocenters. The van der Waals surface area contributed by atoms with E-state index in [1.807, 2.05) is 30.6 Å². The first-order valence-electron chi connectivity index (χ1n) is 37.9. The van der Waals surface area contributed by atoms with E-state index in [1.165, 1.54) is 92.1 Å². The van der Waals surface area contributed by atoms with Crippen molar-refractivity contribution in [3.8, 4) is 113 Å². The van der Waals surface area contributed by atoms with Crippen molar-refractivity contribution < 1.29 is 0 Å². The van der Waals surface area contributed by atoms with E-state index in [9.17, 15) is 0 Å². The molecule has 0 fully saturated rings. The van der Waals surface area contributed by atoms with E-state index in [0.717, 1.165) is 105 Å². The summed E-state index contributed by atoms with van der Waals surface area (Å²) in [5, 5.41) is 22.8. The van der Waals surface area contributed by atoms with Crippen LogP contribution in [0.1, 0.15) is 0 Å². The number of nitrogens with zero attached hydrogens (tertiary/aromatic N) is 7. The largest absolute Gasteiger partial charge is 0.256 e. The third-order valence-corrected chi connectivity index (χ3v) is 22.1. The number of aromatic nitrogens is 7. The van der Waals surface area contributed by atoms with E-state index in [1.54, 1.807) is 0 Å². The summed E-state index contributed by atoms with van der Waals surface area (Å²) in [7, 11) is 0. The Bertz CT molecular complexity index is 7470. The van der Waals surface area contributed by atoms with Crippen LogP contribution in [0, 0.1) is 0 Å². The van der Waals surface area contributed by atoms with Crippen molar-refractivity contribution in [2.75, 3.05) is 0 Å². The van der Waals surface area contributed by atoms with Crippen LogP contribution in [-0.2, 0) is 0 Å². The van der Waals surface area contributed by atoms with Crippen molar-refractivity contribution in [1.29, 1.82) is 0 Å². The van der Waals surface area contributed by atoms with E-state index in [4.69, 9.17) is 34.9 Å². The lowest BCUT2D eigenvalue weighted by Crippen LogP contribution is -2.01. The van der Waals surface area contributed by atoms with Gasteiger partial charge >= 0.3 is 0 Å². The van der Waals surface area contributed by atoms with Crippen LogP contribution in [0.25, 0.3) is 221 Å². The summed E-state index contributed by atoms with van der Waals surface area (Å²) in [5.74, 6) is 2.56. The Labute approximate surface area is 645 Å². The standard InChI is InChI=1S/C53H33N3.C52H32N4/c1-6-16-43-34(11-1)29-30-54-52(43)37-25-27-38(28-26-37)53-55-50(33-51(56-53)49-32-40-13-3-5-15-42(40)45-18-8-10-20-47(45)49)36-23-21-35(22-24-36)48-31-39-12-2-4-14-41(39)44-17-7-9-19-46(44)48;1-4-14-41-37(11-1)30-47(45-18-8-6-16-43(41)45)34-23-27-36(28-24-34)51-54-50(35-25-21-33(22-26-35)40-29-39-13-3-10-20-49(39)53-32-40)55-52(56-51)48-31-38-12-2-5-15-42(38)44-17-7-9-19-46(44)48/h1-33H;1-32H. The molecule has 4 aromatic heterocycles. The molecule has 7 nitrogen and oxygen atoms in total. The minimum Gasteiger partial charge on any atom is -0.256 e. The molecule has 0 radical (unpaired) electrons. The summed E-state index contributed by atoms with van der Waals surface area (Å²) < 4.78 is 0. The molecule has 4 heterocycles. The molecule has 22 aromatic rings. The van der Waals surface area contributed by atoms with E-state index >= 15 is 0 Å². The normalized spacial score (nSPS) is 11.6. The van der Waals surface area contributed by atoms with Crippen molar-refractivity contribution in [3.63, 3.8) is 0 Å². The van der Waals surface area contributed by atoms with Crippen LogP contribution in [0.2, 0.25) is 0 Å². The molecule has 520 valence electrons. The van der Waals surface area contributed by atoms with Crippen molar-refractivity contribution in [1.82, 2.24) is 34.9 Å². The number of hydrogen-bond donors (Lipinski definition) is 0. The molecule has 0 aliphatic carbocycles. The summed E-state index contributed by atoms with van der Waals surface area (Å²) in [6.07, 6.45) is 3.82. The van der Waals surface area contributed by atoms with Gasteiger partial charge < -0.3 is 0 Å². The Morgan fingerprint density at radius 3 is 0.982 bits per heavy atom. The Morgan fingerprint density at radius 2 is 0.491 bits per heavy atom. The van der Waals surface area contributed by atoms with Gasteiger partial charge in [-0.3, -0.25) is 9.97 Å². The Balaban J connectivity index is 0.000000141. The van der Waals surface area contributed by atoms with Crippen molar-refractivity contribution in [3.05, 3.63) is 395 Å². The molecule has 0 bridgehead atoms. The monoisotopic (exact) mass is 1420 g/mol. The zero-order valence-corrected chi connectivity index (χ0v) is 60.7. The zero-order valence-electron chi connectivity index (χ0n) is 60.7. The van der Waals surface area contributed by atoms with Crippen molar-refractivity contribution in [2.24, 2.45) is 0 Å². The molecular weight excluding hydrogens is 1360 g/mol. The molecule has 22 rings (SSSR count). The van der Waals surface area contributed by atoms with Crippen molar-refractivity contribution in [2.45, 2.75) is 0 Å². The highest BCUT2D eigenvalue weighted by Gasteiger charge is 2.21. The van der Waals surface area contributed by atoms with E-state index < -0.39 is 0 Å². The maximum absolute atomic E-state index is 5.31. The lowest BCUT2D eigenvalue weighted by atomic mass is 9.92. The summed E-state index contributed by atoms with van der Waals surface area (Å²) in [6.45, 7) is 0. The fraction of sp³-hybridized carbons (Fsp3) is 0. The highest BCUT2D eigenvalue weighted by molar-refractivity contribution is 6.17. The number of benzene rings is 18. The lowest BCUT2D eigenvalue weighted by Gasteiger charge is -2.14. The van der Waals surface area contributed by atoms with Crippen LogP contribution >= 0.6 is 0 Å². The number of fused-ring (bicyclic) bond motifs is 14. The van der Waals surface area contributed by atoms with E-state index in [2.05, 4.69) is 364 Å². The first-order chi connectivity index (χ1) is 55.5. The van der Waals surface area contributed by atoms with Gasteiger partial charge in [-0.1, -0.05) is 334 Å². The predicted molar refractivity (Wildman–Crippen MR) is 467 cm³/mol. The second-order valence-corrected chi connectivity index (χ2v) is 28.6. The van der Waals surface area contributed by atoms with Gasteiger partial charge in [0.2, 0.25) is 0 Å². The average molecular weight is 1420 g/mol. The third kappa shape index (κ3) is 11.8. The smallest absolute Gasteiger partial charge is 0.164 e. The summed E-state index contributed by atoms with van der Waals surface area (Å²) in [6, 6.07) is 135. The van der Waals surface area contributed by atoms with Crippen molar-refractivity contribution >= 4 is 108 Å². The zero-order chi connectivity index (χ0) is 74.0. The lowest BCUT2D eigenvalue weighted by molar-refractivity contribution is 1.08. The molecule has 0 saturated carbocycles. The van der Waals surface area contributed by atoms with Crippen LogP contribution in [0.5, 0.6) is 0 Å². The molecule has 0 aliphatic heterocycles. The maximum atomic E-state index is 5.31. The second kappa shape index (κ2) is 27.6. The maximum Gasteiger partial charge on any atom is 0.164 e. The average Bonchev–Trinajstić information content (AvgIpc) is 0.762. The first kappa shape index (κ1) is 65.3. The minimum atomic E-state index is 0.620. The Kier molecular flexibility index (Phi) is 16.1. The summed E-state index contributed by atoms with van der Waals surface area (Å²) in [5.41, 5.74) is 17.5. The topological polar surface area (TPSA) is 90.2 Å². The highest BCUT2D eigenvalue weighted by Crippen LogP contribution is 2.43. The Morgan fingerprint density at radius 1 is 0.161 bits per heavy atom. The SMILES string of the molecule is c1ccc2c(-c3ccc(-c4nc(-c5ccc(-c6cc7ccccc7c7ccccc67)cc5)cc(-c5cc6ccccc6c6ccccc56)n4)cc3)nccc2c1.c1ccc2ncc(-c3ccc(-c4nc(-c5ccc(-c6cc7ccccc7c7ccccc67)cc5)nc(-c5cc6ccccc6c6ccccc56)n4)cc3)cc2c1. The molecule has 0 unspecified atom stereocenters. The van der Waals surface area contributed by atoms with Crippen LogP contribution in [0.15, 0.2) is 395 Å². The molecular formula is C105H65N7. The van der Waals surface area contributed by atoms with Gasteiger partial charge in [-0.05, 0) is 168 Å². The van der Waals surface area contributed by atoms with Gasteiger partial charge in [0, 0.05) is 67.7 Å². The quantitative estimate of drug-likeness (QED) is 0.126. The molecule has 18 aromatic carbocycles. The Hall–Kier alpha value is -15.1. The van der Waals surface area contributed by atoms with Gasteiger partial charge in [-0.15, -0.1) is 0 Å². The predicted octanol–water partition coefficient (Wildman–Crippen LogP) is 27.3. The first-order valence-corrected chi connectivity index (χ1v) is 37.9. The van der Waals surface area contributed by atoms with Gasteiger partial charge in [-0.25, -0.2) is 24.9 Å². The van der Waals surface area contributed by atoms with Gasteiger partial charge in [0.1, 0.15) is 0 Å². The van der Waals surface area contributed by atoms with Gasteiger partial charge in [0.15, 0.2) is 23.3 Å². The second-order valence-electron chi connectivity index (χ2n) is 28.6. The molecule has 0 amide bonds. The van der Waals surface area contributed by atoms with Crippen LogP contribution in [0.3, 0.4) is 0 Å². The van der Waals surface area contributed by atoms with Gasteiger partial charge in [-0.2, -0.15) is 0 Å². The molecule has 0 N–H and O–H groups in total. The number of pyridine rings is 2. The third-order valence-electron chi connectivity index (χ3n) is 22.1. The van der Waals surface area contributed by atoms with Gasteiger partial charge in [0.25, 0.3) is 0 Å². The summed E-state index contributed by atoms with van der Waals surface area (Å²) in [4.78, 5) is 35.6. The van der Waals surface area contributed by atoms with E-state index in [-0.39, 0.29) is 0 Å². The highest BCUT2D eigenvalue weighted by atomic mass is 15.0. The minimum absolute atomic E-state index is 0.620. The number of hydrogen-bond acceptors (Lipinski definition) is 7. The molecule has 7 heteroatoms. The molecule has 112 heavy (non-hydrogen) atoms. The molecule has 0 spiro atoms.